The van der Waals surface area contributed by atoms with Crippen LogP contribution in [0.3, 0.4) is 0 Å². The third-order valence-corrected chi connectivity index (χ3v) is 4.53. The summed E-state index contributed by atoms with van der Waals surface area (Å²) in [6, 6.07) is 1.19. The maximum absolute atomic E-state index is 4.75. The first-order valence-corrected chi connectivity index (χ1v) is 7.38. The van der Waals surface area contributed by atoms with E-state index in [1.807, 2.05) is 0 Å². The van der Waals surface area contributed by atoms with Crippen LogP contribution in [0.2, 0.25) is 0 Å². The van der Waals surface area contributed by atoms with Crippen LogP contribution in [0.1, 0.15) is 56.7 Å². The van der Waals surface area contributed by atoms with E-state index in [0.717, 1.165) is 18.7 Å². The second kappa shape index (κ2) is 5.00. The number of likely N-dealkylation sites (tertiary alicyclic amines) is 1. The van der Waals surface area contributed by atoms with Gasteiger partial charge in [0.15, 0.2) is 5.82 Å². The van der Waals surface area contributed by atoms with E-state index >= 15 is 0 Å². The van der Waals surface area contributed by atoms with Crippen LogP contribution >= 0.6 is 0 Å². The topological polar surface area (TPSA) is 34.0 Å². The number of piperidine rings is 1. The van der Waals surface area contributed by atoms with Crippen molar-refractivity contribution in [3.05, 3.63) is 11.6 Å². The maximum atomic E-state index is 4.75. The maximum Gasteiger partial charge on any atom is 0.152 e. The summed E-state index contributed by atoms with van der Waals surface area (Å²) < 4.78 is 2.17. The molecule has 100 valence electrons. The molecule has 1 saturated heterocycles. The molecule has 2 unspecified atom stereocenters. The molecule has 4 heteroatoms. The Labute approximate surface area is 109 Å². The molecule has 0 radical (unpaired) electrons. The van der Waals surface area contributed by atoms with E-state index in [9.17, 15) is 0 Å². The largest absolute Gasteiger partial charge is 0.303 e. The molecule has 0 amide bonds. The molecule has 0 saturated carbocycles. The Hall–Kier alpha value is -0.900. The molecule has 2 aliphatic rings. The molecule has 1 fully saturated rings. The molecule has 2 aliphatic heterocycles. The van der Waals surface area contributed by atoms with Crippen LogP contribution in [0.25, 0.3) is 0 Å². The van der Waals surface area contributed by atoms with E-state index in [0.29, 0.717) is 12.1 Å². The van der Waals surface area contributed by atoms with E-state index < -0.39 is 0 Å². The molecule has 0 spiro atoms. The second-order valence-electron chi connectivity index (χ2n) is 5.96. The molecule has 18 heavy (non-hydrogen) atoms. The van der Waals surface area contributed by atoms with Gasteiger partial charge in [-0.05, 0) is 46.2 Å². The molecule has 3 rings (SSSR count). The van der Waals surface area contributed by atoms with E-state index in [-0.39, 0.29) is 0 Å². The number of aromatic nitrogens is 3. The smallest absolute Gasteiger partial charge is 0.152 e. The van der Waals surface area contributed by atoms with Gasteiger partial charge in [0.1, 0.15) is 5.82 Å². The average molecular weight is 248 g/mol. The first kappa shape index (κ1) is 12.2. The zero-order valence-electron chi connectivity index (χ0n) is 11.6. The number of rotatable bonds is 2. The van der Waals surface area contributed by atoms with Gasteiger partial charge in [-0.15, -0.1) is 0 Å². The lowest BCUT2D eigenvalue weighted by Gasteiger charge is -2.31. The third kappa shape index (κ3) is 2.30. The van der Waals surface area contributed by atoms with Crippen LogP contribution < -0.4 is 0 Å². The number of fused-ring (bicyclic) bond motifs is 1. The molecular weight excluding hydrogens is 224 g/mol. The summed E-state index contributed by atoms with van der Waals surface area (Å²) in [5.74, 6) is 2.28. The lowest BCUT2D eigenvalue weighted by atomic mass is 10.00. The third-order valence-electron chi connectivity index (χ3n) is 4.53. The second-order valence-corrected chi connectivity index (χ2v) is 5.96. The van der Waals surface area contributed by atoms with Gasteiger partial charge < -0.3 is 4.90 Å². The van der Waals surface area contributed by atoms with Crippen LogP contribution in [0.15, 0.2) is 0 Å². The zero-order chi connectivity index (χ0) is 12.5. The molecule has 0 aliphatic carbocycles. The average Bonchev–Trinajstić information content (AvgIpc) is 2.76. The SMILES string of the molecule is CC1CCCc2nc(CC3CCCCN3C)nn21. The summed E-state index contributed by atoms with van der Waals surface area (Å²) in [6.07, 6.45) is 8.66. The molecule has 0 bridgehead atoms. The molecule has 3 heterocycles. The summed E-state index contributed by atoms with van der Waals surface area (Å²) >= 11 is 0. The van der Waals surface area contributed by atoms with Crippen LogP contribution in [0, 0.1) is 0 Å². The van der Waals surface area contributed by atoms with Crippen molar-refractivity contribution in [3.63, 3.8) is 0 Å². The number of hydrogen-bond donors (Lipinski definition) is 0. The minimum absolute atomic E-state index is 0.541. The Morgan fingerprint density at radius 2 is 2.11 bits per heavy atom. The van der Waals surface area contributed by atoms with Crippen molar-refractivity contribution >= 4 is 0 Å². The number of hydrogen-bond acceptors (Lipinski definition) is 3. The molecule has 0 aromatic carbocycles. The highest BCUT2D eigenvalue weighted by atomic mass is 15.4. The Bertz CT molecular complexity index is 412. The van der Waals surface area contributed by atoms with Gasteiger partial charge in [-0.2, -0.15) is 5.10 Å². The standard InChI is InChI=1S/C14H24N4/c1-11-6-5-8-14-15-13(16-18(11)14)10-12-7-3-4-9-17(12)2/h11-12H,3-10H2,1-2H3. The highest BCUT2D eigenvalue weighted by molar-refractivity contribution is 5.00. The Balaban J connectivity index is 1.73. The molecule has 1 aromatic rings. The fourth-order valence-electron chi connectivity index (χ4n) is 3.31. The molecule has 1 aromatic heterocycles. The summed E-state index contributed by atoms with van der Waals surface area (Å²) in [6.45, 7) is 3.49. The Morgan fingerprint density at radius 3 is 2.89 bits per heavy atom. The number of aryl methyl sites for hydroxylation is 1. The van der Waals surface area contributed by atoms with E-state index in [1.165, 1.54) is 44.5 Å². The van der Waals surface area contributed by atoms with E-state index in [2.05, 4.69) is 23.6 Å². The van der Waals surface area contributed by atoms with Crippen molar-refractivity contribution in [3.8, 4) is 0 Å². The molecule has 0 N–H and O–H groups in total. The minimum Gasteiger partial charge on any atom is -0.303 e. The lowest BCUT2D eigenvalue weighted by molar-refractivity contribution is 0.182. The quantitative estimate of drug-likeness (QED) is 0.804. The van der Waals surface area contributed by atoms with Crippen molar-refractivity contribution in [2.45, 2.75) is 64.0 Å². The Kier molecular flexibility index (Phi) is 3.37. The van der Waals surface area contributed by atoms with Gasteiger partial charge in [0.2, 0.25) is 0 Å². The highest BCUT2D eigenvalue weighted by Crippen LogP contribution is 2.24. The highest BCUT2D eigenvalue weighted by Gasteiger charge is 2.24. The first-order chi connectivity index (χ1) is 8.74. The van der Waals surface area contributed by atoms with Gasteiger partial charge in [0.05, 0.1) is 6.04 Å². The monoisotopic (exact) mass is 248 g/mol. The molecule has 2 atom stereocenters. The molecular formula is C14H24N4. The van der Waals surface area contributed by atoms with Crippen molar-refractivity contribution in [2.75, 3.05) is 13.6 Å². The van der Waals surface area contributed by atoms with Crippen LogP contribution in [-0.2, 0) is 12.8 Å². The van der Waals surface area contributed by atoms with Gasteiger partial charge >= 0.3 is 0 Å². The van der Waals surface area contributed by atoms with Crippen molar-refractivity contribution in [1.82, 2.24) is 19.7 Å². The van der Waals surface area contributed by atoms with Gasteiger partial charge in [0, 0.05) is 18.9 Å². The summed E-state index contributed by atoms with van der Waals surface area (Å²) in [7, 11) is 2.24. The van der Waals surface area contributed by atoms with Crippen LogP contribution in [-0.4, -0.2) is 39.3 Å². The van der Waals surface area contributed by atoms with Gasteiger partial charge in [0.25, 0.3) is 0 Å². The Morgan fingerprint density at radius 1 is 1.22 bits per heavy atom. The van der Waals surface area contributed by atoms with Crippen molar-refractivity contribution in [1.29, 1.82) is 0 Å². The fourth-order valence-corrected chi connectivity index (χ4v) is 3.31. The molecule has 4 nitrogen and oxygen atoms in total. The number of nitrogens with zero attached hydrogens (tertiary/aromatic N) is 4. The minimum atomic E-state index is 0.541. The van der Waals surface area contributed by atoms with Crippen LogP contribution in [0.5, 0.6) is 0 Å². The summed E-state index contributed by atoms with van der Waals surface area (Å²) in [5.41, 5.74) is 0. The van der Waals surface area contributed by atoms with Crippen molar-refractivity contribution < 1.29 is 0 Å². The predicted molar refractivity (Wildman–Crippen MR) is 71.6 cm³/mol. The summed E-state index contributed by atoms with van der Waals surface area (Å²) in [5, 5.41) is 4.74. The number of likely N-dealkylation sites (N-methyl/N-ethyl adjacent to an activating group) is 1. The van der Waals surface area contributed by atoms with Crippen LogP contribution in [0.4, 0.5) is 0 Å². The van der Waals surface area contributed by atoms with E-state index in [1.54, 1.807) is 0 Å². The fraction of sp³-hybridized carbons (Fsp3) is 0.857. The normalized spacial score (nSPS) is 29.2. The van der Waals surface area contributed by atoms with Gasteiger partial charge in [-0.3, -0.25) is 0 Å². The van der Waals surface area contributed by atoms with Gasteiger partial charge in [-0.25, -0.2) is 9.67 Å². The first-order valence-electron chi connectivity index (χ1n) is 7.38. The predicted octanol–water partition coefficient (Wildman–Crippen LogP) is 2.20. The summed E-state index contributed by atoms with van der Waals surface area (Å²) in [4.78, 5) is 7.23. The van der Waals surface area contributed by atoms with Gasteiger partial charge in [-0.1, -0.05) is 6.42 Å². The van der Waals surface area contributed by atoms with E-state index in [4.69, 9.17) is 10.1 Å². The van der Waals surface area contributed by atoms with Crippen molar-refractivity contribution in [2.24, 2.45) is 0 Å². The zero-order valence-corrected chi connectivity index (χ0v) is 11.6. The lowest BCUT2D eigenvalue weighted by Crippen LogP contribution is -2.37.